The second-order valence-electron chi connectivity index (χ2n) is 3.79. The van der Waals surface area contributed by atoms with Gasteiger partial charge in [-0.2, -0.15) is 0 Å². The van der Waals surface area contributed by atoms with E-state index < -0.39 is 0 Å². The van der Waals surface area contributed by atoms with Gasteiger partial charge in [0, 0.05) is 17.5 Å². The van der Waals surface area contributed by atoms with Gasteiger partial charge in [-0.1, -0.05) is 6.07 Å². The minimum absolute atomic E-state index is 0.0226. The number of rotatable bonds is 3. The van der Waals surface area contributed by atoms with Crippen LogP contribution >= 0.6 is 11.8 Å². The van der Waals surface area contributed by atoms with Crippen molar-refractivity contribution in [2.24, 2.45) is 0 Å². The number of aldehydes is 1. The first-order chi connectivity index (χ1) is 8.65. The van der Waals surface area contributed by atoms with Gasteiger partial charge in [-0.15, -0.1) is 11.8 Å². The Morgan fingerprint density at radius 2 is 2.33 bits per heavy atom. The molecule has 2 rings (SSSR count). The van der Waals surface area contributed by atoms with E-state index >= 15 is 0 Å². The topological polar surface area (TPSA) is 66.5 Å². The number of carbonyl (C=O) groups is 3. The van der Waals surface area contributed by atoms with Crippen LogP contribution in [0.15, 0.2) is 23.1 Å². The fourth-order valence-corrected chi connectivity index (χ4v) is 2.60. The van der Waals surface area contributed by atoms with Crippen LogP contribution in [0.2, 0.25) is 0 Å². The molecule has 0 saturated heterocycles. The molecule has 0 bridgehead atoms. The largest absolute Gasteiger partial charge is 0.358 e. The zero-order valence-electron chi connectivity index (χ0n) is 9.80. The summed E-state index contributed by atoms with van der Waals surface area (Å²) < 4.78 is 0. The highest BCUT2D eigenvalue weighted by Crippen LogP contribution is 2.35. The fourth-order valence-electron chi connectivity index (χ4n) is 1.69. The first-order valence-electron chi connectivity index (χ1n) is 5.38. The number of amides is 2. The number of anilines is 1. The maximum Gasteiger partial charge on any atom is 0.239 e. The van der Waals surface area contributed by atoms with E-state index in [0.29, 0.717) is 17.0 Å². The lowest BCUT2D eigenvalue weighted by Crippen LogP contribution is -2.42. The third-order valence-corrected chi connectivity index (χ3v) is 3.69. The second kappa shape index (κ2) is 5.22. The number of nitrogens with zero attached hydrogens (tertiary/aromatic N) is 1. The van der Waals surface area contributed by atoms with E-state index in [9.17, 15) is 14.4 Å². The van der Waals surface area contributed by atoms with Crippen molar-refractivity contribution in [2.75, 3.05) is 24.2 Å². The maximum absolute atomic E-state index is 11.8. The van der Waals surface area contributed by atoms with Crippen molar-refractivity contribution in [3.8, 4) is 0 Å². The van der Waals surface area contributed by atoms with Gasteiger partial charge in [-0.25, -0.2) is 0 Å². The maximum atomic E-state index is 11.8. The molecule has 0 aliphatic carbocycles. The zero-order valence-corrected chi connectivity index (χ0v) is 10.6. The predicted octanol–water partition coefficient (Wildman–Crippen LogP) is 0.684. The Labute approximate surface area is 109 Å². The molecule has 0 atom stereocenters. The monoisotopic (exact) mass is 264 g/mol. The highest BCUT2D eigenvalue weighted by atomic mass is 32.2. The van der Waals surface area contributed by atoms with E-state index in [1.54, 1.807) is 18.2 Å². The summed E-state index contributed by atoms with van der Waals surface area (Å²) in [5, 5.41) is 2.48. The number of benzene rings is 1. The number of hydrogen-bond acceptors (Lipinski definition) is 4. The van der Waals surface area contributed by atoms with Crippen LogP contribution in [0.3, 0.4) is 0 Å². The number of carbonyl (C=O) groups excluding carboxylic acids is 3. The summed E-state index contributed by atoms with van der Waals surface area (Å²) in [4.78, 5) is 36.3. The lowest BCUT2D eigenvalue weighted by atomic mass is 10.2. The summed E-state index contributed by atoms with van der Waals surface area (Å²) in [5.74, 6) is -0.0541. The molecule has 0 radical (unpaired) electrons. The van der Waals surface area contributed by atoms with Crippen LogP contribution in [-0.4, -0.2) is 37.4 Å². The molecule has 2 amide bonds. The molecule has 0 saturated carbocycles. The summed E-state index contributed by atoms with van der Waals surface area (Å²) in [6.07, 6.45) is 0.724. The van der Waals surface area contributed by atoms with Crippen molar-refractivity contribution < 1.29 is 14.4 Å². The number of hydrogen-bond donors (Lipinski definition) is 1. The molecule has 94 valence electrons. The normalized spacial score (nSPS) is 14.1. The van der Waals surface area contributed by atoms with Gasteiger partial charge in [0.05, 0.1) is 11.4 Å². The molecule has 5 nitrogen and oxygen atoms in total. The third kappa shape index (κ3) is 2.38. The van der Waals surface area contributed by atoms with Gasteiger partial charge in [0.25, 0.3) is 0 Å². The molecule has 18 heavy (non-hydrogen) atoms. The highest BCUT2D eigenvalue weighted by molar-refractivity contribution is 8.00. The molecule has 0 unspecified atom stereocenters. The number of nitrogens with one attached hydrogen (secondary N) is 1. The van der Waals surface area contributed by atoms with Gasteiger partial charge >= 0.3 is 0 Å². The van der Waals surface area contributed by atoms with Gasteiger partial charge in [0.1, 0.15) is 12.8 Å². The van der Waals surface area contributed by atoms with Crippen LogP contribution in [0.25, 0.3) is 0 Å². The van der Waals surface area contributed by atoms with Crippen molar-refractivity contribution >= 4 is 35.5 Å². The number of fused-ring (bicyclic) bond motifs is 1. The minimum atomic E-state index is -0.238. The van der Waals surface area contributed by atoms with Crippen molar-refractivity contribution in [1.82, 2.24) is 5.32 Å². The van der Waals surface area contributed by atoms with Gasteiger partial charge in [-0.3, -0.25) is 14.4 Å². The smallest absolute Gasteiger partial charge is 0.239 e. The first-order valence-corrected chi connectivity index (χ1v) is 6.37. The average Bonchev–Trinajstić information content (AvgIpc) is 2.41. The standard InChI is InChI=1S/C12H12N2O3S/c1-13-11(16)5-14-9-4-8(6-15)2-3-10(9)18-7-12(14)17/h2-4,6H,5,7H2,1H3,(H,13,16). The lowest BCUT2D eigenvalue weighted by molar-refractivity contribution is -0.122. The van der Waals surface area contributed by atoms with Crippen molar-refractivity contribution in [2.45, 2.75) is 4.90 Å². The molecular weight excluding hydrogens is 252 g/mol. The molecular formula is C12H12N2O3S. The number of thioether (sulfide) groups is 1. The van der Waals surface area contributed by atoms with Crippen LogP contribution in [0.4, 0.5) is 5.69 Å². The van der Waals surface area contributed by atoms with Crippen molar-refractivity contribution in [3.05, 3.63) is 23.8 Å². The molecule has 1 aromatic rings. The van der Waals surface area contributed by atoms with E-state index in [0.717, 1.165) is 11.2 Å². The van der Waals surface area contributed by atoms with E-state index in [-0.39, 0.29) is 18.4 Å². The Hall–Kier alpha value is -1.82. The Bertz CT molecular complexity index is 516. The van der Waals surface area contributed by atoms with E-state index in [1.807, 2.05) is 0 Å². The molecule has 1 heterocycles. The SMILES string of the molecule is CNC(=O)CN1C(=O)CSc2ccc(C=O)cc21. The van der Waals surface area contributed by atoms with Crippen LogP contribution in [0.1, 0.15) is 10.4 Å². The zero-order chi connectivity index (χ0) is 13.1. The van der Waals surface area contributed by atoms with E-state index in [2.05, 4.69) is 5.32 Å². The van der Waals surface area contributed by atoms with Gasteiger partial charge in [-0.05, 0) is 12.1 Å². The van der Waals surface area contributed by atoms with Gasteiger partial charge in [0.2, 0.25) is 11.8 Å². The van der Waals surface area contributed by atoms with Crippen LogP contribution in [0, 0.1) is 0 Å². The number of likely N-dealkylation sites (N-methyl/N-ethyl adjacent to an activating group) is 1. The summed E-state index contributed by atoms with van der Waals surface area (Å²) in [7, 11) is 1.52. The average molecular weight is 264 g/mol. The Morgan fingerprint density at radius 1 is 1.56 bits per heavy atom. The van der Waals surface area contributed by atoms with Gasteiger partial charge < -0.3 is 10.2 Å². The Kier molecular flexibility index (Phi) is 3.66. The highest BCUT2D eigenvalue weighted by Gasteiger charge is 2.26. The summed E-state index contributed by atoms with van der Waals surface area (Å²) >= 11 is 1.42. The first kappa shape index (κ1) is 12.6. The molecule has 6 heteroatoms. The summed E-state index contributed by atoms with van der Waals surface area (Å²) in [5.41, 5.74) is 1.12. The molecule has 0 spiro atoms. The summed E-state index contributed by atoms with van der Waals surface area (Å²) in [6.45, 7) is -0.0226. The molecule has 1 aliphatic rings. The fraction of sp³-hybridized carbons (Fsp3) is 0.250. The molecule has 0 aromatic heterocycles. The third-order valence-electron chi connectivity index (χ3n) is 2.64. The van der Waals surface area contributed by atoms with Crippen molar-refractivity contribution in [1.29, 1.82) is 0 Å². The second-order valence-corrected chi connectivity index (χ2v) is 4.80. The van der Waals surface area contributed by atoms with Crippen molar-refractivity contribution in [3.63, 3.8) is 0 Å². The van der Waals surface area contributed by atoms with Gasteiger partial charge in [0.15, 0.2) is 0 Å². The van der Waals surface area contributed by atoms with E-state index in [1.165, 1.54) is 23.7 Å². The Balaban J connectivity index is 2.38. The van der Waals surface area contributed by atoms with E-state index in [4.69, 9.17) is 0 Å². The van der Waals surface area contributed by atoms with Crippen LogP contribution in [-0.2, 0) is 9.59 Å². The predicted molar refractivity (Wildman–Crippen MR) is 69.0 cm³/mol. The summed E-state index contributed by atoms with van der Waals surface area (Å²) in [6, 6.07) is 5.13. The van der Waals surface area contributed by atoms with Crippen LogP contribution in [0.5, 0.6) is 0 Å². The molecule has 0 fully saturated rings. The minimum Gasteiger partial charge on any atom is -0.358 e. The quantitative estimate of drug-likeness (QED) is 0.815. The molecule has 1 N–H and O–H groups in total. The van der Waals surface area contributed by atoms with Crippen LogP contribution < -0.4 is 10.2 Å². The molecule has 1 aliphatic heterocycles. The molecule has 1 aromatic carbocycles. The Morgan fingerprint density at radius 3 is 3.00 bits per heavy atom. The lowest BCUT2D eigenvalue weighted by Gasteiger charge is -2.28.